The summed E-state index contributed by atoms with van der Waals surface area (Å²) in [5.41, 5.74) is 5.35. The predicted molar refractivity (Wildman–Crippen MR) is 351 cm³/mol. The lowest BCUT2D eigenvalue weighted by atomic mass is 9.85. The van der Waals surface area contributed by atoms with Gasteiger partial charge in [0.25, 0.3) is 5.91 Å². The molecule has 1 saturated heterocycles. The van der Waals surface area contributed by atoms with Crippen molar-refractivity contribution in [3.8, 4) is 33.8 Å². The Morgan fingerprint density at radius 2 is 1.70 bits per heavy atom. The van der Waals surface area contributed by atoms with Crippen molar-refractivity contribution in [1.82, 2.24) is 35.4 Å². The molecule has 92 heavy (non-hydrogen) atoms. The Bertz CT molecular complexity index is 3860. The average Bonchev–Trinajstić information content (AvgIpc) is 1.54. The molecular formula is C68H77F2N9O10S3. The highest BCUT2D eigenvalue weighted by Crippen LogP contribution is 2.43. The quantitative estimate of drug-likeness (QED) is 0.0159. The van der Waals surface area contributed by atoms with Gasteiger partial charge in [0, 0.05) is 67.6 Å². The highest BCUT2D eigenvalue weighted by Gasteiger charge is 2.53. The van der Waals surface area contributed by atoms with Gasteiger partial charge in [0.05, 0.1) is 58.2 Å². The van der Waals surface area contributed by atoms with Crippen LogP contribution in [0.15, 0.2) is 84.4 Å². The van der Waals surface area contributed by atoms with Gasteiger partial charge in [-0.05, 0) is 116 Å². The third kappa shape index (κ3) is 16.6. The number of likely N-dealkylation sites (tertiary alicyclic amines) is 1. The Kier molecular flexibility index (Phi) is 21.7. The lowest BCUT2D eigenvalue weighted by molar-refractivity contribution is -0.144. The molecule has 0 radical (unpaired) electrons. The minimum atomic E-state index is -1.80. The van der Waals surface area contributed by atoms with Crippen LogP contribution < -0.4 is 30.3 Å². The summed E-state index contributed by atoms with van der Waals surface area (Å²) in [6.07, 6.45) is 3.65. The number of amides is 4. The third-order valence-electron chi connectivity index (χ3n) is 16.7. The van der Waals surface area contributed by atoms with Gasteiger partial charge < -0.3 is 44.8 Å². The number of anilines is 2. The molecular weight excluding hydrogens is 1240 g/mol. The number of hydrogen-bond acceptors (Lipinski definition) is 17. The molecule has 2 aliphatic heterocycles. The molecule has 6 N–H and O–H groups in total. The first-order valence-electron chi connectivity index (χ1n) is 31.1. The number of unbranched alkanes of at least 4 members (excludes halogenated alkanes) is 4. The number of aryl methyl sites for hydroxylation is 2. The number of hydrogen-bond donors (Lipinski definition) is 6. The molecule has 24 heteroatoms. The number of aromatic carboxylic acids is 1. The molecule has 5 heterocycles. The fourth-order valence-corrected chi connectivity index (χ4v) is 14.1. The number of benzene rings is 4. The molecule has 7 aromatic rings. The van der Waals surface area contributed by atoms with Crippen molar-refractivity contribution in [2.75, 3.05) is 50.1 Å². The Balaban J connectivity index is 0.633. The van der Waals surface area contributed by atoms with Crippen LogP contribution in [-0.2, 0) is 40.3 Å². The zero-order valence-electron chi connectivity index (χ0n) is 52.2. The summed E-state index contributed by atoms with van der Waals surface area (Å²) in [4.78, 5) is 86.8. The lowest BCUT2D eigenvalue weighted by Gasteiger charge is -2.37. The Labute approximate surface area is 545 Å². The zero-order valence-corrected chi connectivity index (χ0v) is 54.6. The third-order valence-corrected chi connectivity index (χ3v) is 19.8. The van der Waals surface area contributed by atoms with Gasteiger partial charge in [0.1, 0.15) is 23.7 Å². The molecule has 1 saturated carbocycles. The molecule has 19 nitrogen and oxygen atoms in total. The number of nitrogens with one attached hydrogen (secondary N) is 3. The minimum absolute atomic E-state index is 0.0255. The summed E-state index contributed by atoms with van der Waals surface area (Å²) < 4.78 is 43.2. The molecule has 4 amide bonds. The number of thiazole rings is 3. The fourth-order valence-electron chi connectivity index (χ4n) is 11.3. The first-order valence-corrected chi connectivity index (χ1v) is 33.6. The van der Waals surface area contributed by atoms with Crippen LogP contribution in [0, 0.1) is 30.0 Å². The van der Waals surface area contributed by atoms with Gasteiger partial charge >= 0.3 is 5.97 Å². The number of alkyl halides is 1. The van der Waals surface area contributed by atoms with E-state index in [2.05, 4.69) is 42.7 Å². The second kappa shape index (κ2) is 29.8. The van der Waals surface area contributed by atoms with E-state index in [9.17, 15) is 43.7 Å². The summed E-state index contributed by atoms with van der Waals surface area (Å²) in [5.74, 6) is 3.49. The minimum Gasteiger partial charge on any atom is -0.493 e. The van der Waals surface area contributed by atoms with Crippen molar-refractivity contribution in [2.24, 2.45) is 5.41 Å². The summed E-state index contributed by atoms with van der Waals surface area (Å²) in [6.45, 7) is 8.97. The molecule has 10 rings (SSSR count). The van der Waals surface area contributed by atoms with Crippen molar-refractivity contribution in [3.05, 3.63) is 134 Å². The van der Waals surface area contributed by atoms with Crippen LogP contribution in [0.25, 0.3) is 20.7 Å². The van der Waals surface area contributed by atoms with Crippen molar-refractivity contribution < 1.29 is 57.5 Å². The van der Waals surface area contributed by atoms with Crippen LogP contribution in [-0.4, -0.2) is 140 Å². The van der Waals surface area contributed by atoms with E-state index in [1.807, 2.05) is 66.4 Å². The van der Waals surface area contributed by atoms with Gasteiger partial charge in [-0.25, -0.2) is 28.5 Å². The summed E-state index contributed by atoms with van der Waals surface area (Å²) in [7, 11) is 1.68. The number of carboxylic acid groups (broad SMARTS) is 1. The van der Waals surface area contributed by atoms with E-state index in [1.165, 1.54) is 51.0 Å². The van der Waals surface area contributed by atoms with Gasteiger partial charge in [0.2, 0.25) is 17.7 Å². The van der Waals surface area contributed by atoms with Crippen LogP contribution in [0.2, 0.25) is 0 Å². The van der Waals surface area contributed by atoms with Crippen LogP contribution >= 0.6 is 34.0 Å². The average molecular weight is 1310 g/mol. The summed E-state index contributed by atoms with van der Waals surface area (Å²) in [5, 5.41) is 41.2. The van der Waals surface area contributed by atoms with Gasteiger partial charge in [0.15, 0.2) is 27.5 Å². The van der Waals surface area contributed by atoms with Crippen molar-refractivity contribution in [2.45, 2.75) is 148 Å². The van der Waals surface area contributed by atoms with Gasteiger partial charge in [-0.15, -0.1) is 22.7 Å². The Hall–Kier alpha value is -7.92. The number of carbonyl (C=O) groups is 5. The maximum atomic E-state index is 15.3. The number of aliphatic hydroxyl groups is 2. The van der Waals surface area contributed by atoms with Crippen LogP contribution in [0.3, 0.4) is 0 Å². The van der Waals surface area contributed by atoms with E-state index in [-0.39, 0.29) is 68.8 Å². The highest BCUT2D eigenvalue weighted by molar-refractivity contribution is 7.22. The van der Waals surface area contributed by atoms with Crippen LogP contribution in [0.5, 0.6) is 11.5 Å². The number of carbonyl (C=O) groups excluding carboxylic acids is 4. The zero-order chi connectivity index (χ0) is 65.3. The van der Waals surface area contributed by atoms with Crippen molar-refractivity contribution in [1.29, 1.82) is 0 Å². The monoisotopic (exact) mass is 1310 g/mol. The molecule has 1 unspecified atom stereocenters. The van der Waals surface area contributed by atoms with Crippen molar-refractivity contribution >= 4 is 84.1 Å². The standard InChI is InChI=1S/C68H77F2N9O10S3/c1-41-58(90-40-72-41)44-24-25-45(37-71-61(83)51-36-46(80)38-79(51)62(84)59(67(2,3)4)75-64(87)68(70)28-29-68)53(35-44)89-32-12-8-6-7-9-22-56(81)77(5)30-14-16-42-23-26-52(49(69)34-42)88-33-15-21-55-57(63(85)86)74-66(92-55)78-31-27-43-17-13-18-47(48(43)39-78)60(82)76-65-73-50-19-10-11-20-54(50)91-65/h10-11,13,17-20,23-26,34-35,40,46,51,59,64,75,80,87H,6-9,12,15,21-22,27-33,36-39H2,1-5H3,(H,71,83)(H,85,86)(H,73,76,82)/t46-,51+,59-,64?/m1/s1. The summed E-state index contributed by atoms with van der Waals surface area (Å²) in [6, 6.07) is 21.5. The predicted octanol–water partition coefficient (Wildman–Crippen LogP) is 10.5. The van der Waals surface area contributed by atoms with Gasteiger partial charge in [-0.1, -0.05) is 99.6 Å². The number of carboxylic acids is 1. The smallest absolute Gasteiger partial charge is 0.355 e. The molecule has 0 bridgehead atoms. The molecule has 1 aliphatic carbocycles. The molecule has 0 spiro atoms. The molecule has 2 fully saturated rings. The number of aliphatic hydroxyl groups excluding tert-OH is 2. The van der Waals surface area contributed by atoms with E-state index in [4.69, 9.17) is 9.47 Å². The normalized spacial score (nSPS) is 16.5. The maximum absolute atomic E-state index is 15.3. The number of para-hydroxylation sites is 1. The van der Waals surface area contributed by atoms with Crippen LogP contribution in [0.4, 0.5) is 19.0 Å². The number of nitrogens with zero attached hydrogens (tertiary/aromatic N) is 6. The number of β-amino-alcohol motifs (C(OH)–C–C–N with tert-alkyl or cyclic N) is 1. The Morgan fingerprint density at radius 1 is 0.924 bits per heavy atom. The molecule has 3 aliphatic rings. The van der Waals surface area contributed by atoms with E-state index in [1.54, 1.807) is 50.4 Å². The number of halogens is 2. The number of rotatable bonds is 27. The second-order valence-corrected chi connectivity index (χ2v) is 27.7. The molecule has 486 valence electrons. The number of aromatic nitrogens is 3. The van der Waals surface area contributed by atoms with E-state index < -0.39 is 59.1 Å². The first-order chi connectivity index (χ1) is 44.1. The first kappa shape index (κ1) is 67.0. The van der Waals surface area contributed by atoms with E-state index in [0.29, 0.717) is 83.8 Å². The summed E-state index contributed by atoms with van der Waals surface area (Å²) >= 11 is 4.20. The maximum Gasteiger partial charge on any atom is 0.355 e. The van der Waals surface area contributed by atoms with Crippen LogP contribution in [0.1, 0.15) is 139 Å². The Morgan fingerprint density at radius 3 is 2.45 bits per heavy atom. The lowest BCUT2D eigenvalue weighted by Crippen LogP contribution is -2.60. The topological polar surface area (TPSA) is 249 Å². The molecule has 3 aromatic heterocycles. The van der Waals surface area contributed by atoms with E-state index in [0.717, 1.165) is 68.7 Å². The van der Waals surface area contributed by atoms with Gasteiger partial charge in [-0.3, -0.25) is 29.8 Å². The SMILES string of the molecule is Cc1ncsc1-c1ccc(CNC(=O)[C@@H]2C[C@@H](O)CN2C(=O)[C@@H](NC(O)C2(F)CC2)C(C)(C)C)c(OCCCCCCCC(=O)N(C)CC#Cc2ccc(OCCCc3sc(N4CCc5cccc(C(=O)Nc6nc7ccccc7s6)c5C4)nc3C(=O)O)c(F)c2)c1. The number of fused-ring (bicyclic) bond motifs is 2. The van der Waals surface area contributed by atoms with E-state index >= 15 is 4.39 Å². The van der Waals surface area contributed by atoms with Gasteiger partial charge in [-0.2, -0.15) is 0 Å². The largest absolute Gasteiger partial charge is 0.493 e. The second-order valence-electron chi connectivity index (χ2n) is 24.8. The van der Waals surface area contributed by atoms with Crippen molar-refractivity contribution in [3.63, 3.8) is 0 Å². The molecule has 4 atom stereocenters. The number of ether oxygens (including phenoxy) is 2. The molecule has 4 aromatic carbocycles. The fraction of sp³-hybridized carbons (Fsp3) is 0.441. The highest BCUT2D eigenvalue weighted by atomic mass is 32.1.